The highest BCUT2D eigenvalue weighted by Crippen LogP contribution is 2.44. The number of hydrogen-bond donors (Lipinski definition) is 1. The number of benzene rings is 2. The Kier molecular flexibility index (Phi) is 8.03. The van der Waals surface area contributed by atoms with Crippen LogP contribution in [-0.2, 0) is 20.0 Å². The molecule has 3 aromatic rings. The van der Waals surface area contributed by atoms with Crippen molar-refractivity contribution in [3.63, 3.8) is 0 Å². The molecule has 2 unspecified atom stereocenters. The molecule has 0 bridgehead atoms. The average molecular weight is 500 g/mol. The van der Waals surface area contributed by atoms with Gasteiger partial charge in [-0.05, 0) is 30.7 Å². The number of esters is 1. The predicted octanol–water partition coefficient (Wildman–Crippen LogP) is 5.59. The van der Waals surface area contributed by atoms with Crippen molar-refractivity contribution in [2.45, 2.75) is 23.6 Å². The number of nitriles is 1. The van der Waals surface area contributed by atoms with Gasteiger partial charge in [-0.3, -0.25) is 5.41 Å². The summed E-state index contributed by atoms with van der Waals surface area (Å²) in [5, 5.41) is 19.4. The van der Waals surface area contributed by atoms with Gasteiger partial charge in [0.1, 0.15) is 17.4 Å². The average Bonchev–Trinajstić information content (AvgIpc) is 2.92. The molecule has 36 heavy (non-hydrogen) atoms. The van der Waals surface area contributed by atoms with Crippen LogP contribution in [0.15, 0.2) is 83.5 Å². The summed E-state index contributed by atoms with van der Waals surface area (Å²) in [6.07, 6.45) is 1.74. The minimum atomic E-state index is -0.999. The normalized spacial score (nSPS) is 17.2. The fourth-order valence-corrected chi connectivity index (χ4v) is 4.94. The predicted molar refractivity (Wildman–Crippen MR) is 137 cm³/mol. The van der Waals surface area contributed by atoms with E-state index in [1.807, 2.05) is 54.6 Å². The second-order valence-corrected chi connectivity index (χ2v) is 8.90. The van der Waals surface area contributed by atoms with Crippen LogP contribution < -0.4 is 4.74 Å². The molecule has 4 rings (SSSR count). The first kappa shape index (κ1) is 25.0. The highest BCUT2D eigenvalue weighted by atomic mass is 32.2. The fourth-order valence-electron chi connectivity index (χ4n) is 4.10. The minimum Gasteiger partial charge on any atom is -0.496 e. The highest BCUT2D eigenvalue weighted by molar-refractivity contribution is 7.98. The van der Waals surface area contributed by atoms with E-state index in [2.05, 4.69) is 11.1 Å². The van der Waals surface area contributed by atoms with Crippen molar-refractivity contribution in [1.82, 2.24) is 4.98 Å². The van der Waals surface area contributed by atoms with Crippen LogP contribution in [0.3, 0.4) is 0 Å². The van der Waals surface area contributed by atoms with Crippen LogP contribution in [0.4, 0.5) is 0 Å². The number of carbonyl (C=O) groups excluding carboxylic acids is 1. The third-order valence-corrected chi connectivity index (χ3v) is 6.72. The molecule has 0 spiro atoms. The molecule has 2 atom stereocenters. The maximum Gasteiger partial charge on any atom is 0.338 e. The van der Waals surface area contributed by atoms with Gasteiger partial charge in [-0.2, -0.15) is 5.26 Å². The molecular formula is C28H25N3O4S. The molecule has 1 aromatic heterocycles. The fraction of sp³-hybridized carbons (Fsp3) is 0.214. The number of methoxy groups -OCH3 is 1. The summed E-state index contributed by atoms with van der Waals surface area (Å²) in [6, 6.07) is 22.6. The Balaban J connectivity index is 1.84. The molecule has 0 amide bonds. The van der Waals surface area contributed by atoms with E-state index in [1.165, 1.54) is 0 Å². The number of hydrogen-bond acceptors (Lipinski definition) is 8. The van der Waals surface area contributed by atoms with E-state index in [4.69, 9.17) is 19.6 Å². The van der Waals surface area contributed by atoms with Crippen LogP contribution in [0.5, 0.6) is 5.75 Å². The van der Waals surface area contributed by atoms with Gasteiger partial charge < -0.3 is 14.2 Å². The molecule has 8 heteroatoms. The molecule has 1 N–H and O–H groups in total. The summed E-state index contributed by atoms with van der Waals surface area (Å²) in [5.74, 6) is -1.06. The standard InChI is InChI=1S/C28H25N3O4S/c1-3-34-28(32)25-24(21(16-29)27(30)35-26(25)18-9-5-4-6-10-18)19-12-13-22(33-2)20(15-19)17-36-23-11-7-8-14-31-23/h4-15,21,24,30H,3,17H2,1-2H3. The van der Waals surface area contributed by atoms with E-state index < -0.39 is 17.8 Å². The van der Waals surface area contributed by atoms with Crippen LogP contribution >= 0.6 is 11.8 Å². The number of nitrogens with zero attached hydrogens (tertiary/aromatic N) is 2. The van der Waals surface area contributed by atoms with Crippen LogP contribution in [0.25, 0.3) is 5.76 Å². The van der Waals surface area contributed by atoms with Crippen molar-refractivity contribution in [3.8, 4) is 11.8 Å². The number of pyridine rings is 1. The summed E-state index contributed by atoms with van der Waals surface area (Å²) in [5.41, 5.74) is 2.43. The molecule has 2 aromatic carbocycles. The Hall–Kier alpha value is -4.09. The zero-order valence-corrected chi connectivity index (χ0v) is 20.7. The topological polar surface area (TPSA) is 105 Å². The smallest absolute Gasteiger partial charge is 0.338 e. The number of nitrogens with one attached hydrogen (secondary N) is 1. The Morgan fingerprint density at radius 2 is 1.94 bits per heavy atom. The zero-order valence-electron chi connectivity index (χ0n) is 19.9. The van der Waals surface area contributed by atoms with Crippen LogP contribution in [0.1, 0.15) is 29.5 Å². The van der Waals surface area contributed by atoms with Gasteiger partial charge in [-0.25, -0.2) is 9.78 Å². The summed E-state index contributed by atoms with van der Waals surface area (Å²) >= 11 is 1.55. The maximum absolute atomic E-state index is 13.3. The van der Waals surface area contributed by atoms with Crippen LogP contribution in [0.2, 0.25) is 0 Å². The first-order chi connectivity index (χ1) is 17.6. The number of ether oxygens (including phenoxy) is 3. The Bertz CT molecular complexity index is 1320. The first-order valence-electron chi connectivity index (χ1n) is 11.4. The van der Waals surface area contributed by atoms with Crippen molar-refractivity contribution in [1.29, 1.82) is 10.7 Å². The molecular weight excluding hydrogens is 474 g/mol. The molecule has 0 saturated heterocycles. The zero-order chi connectivity index (χ0) is 25.5. The van der Waals surface area contributed by atoms with Crippen molar-refractivity contribution in [3.05, 3.63) is 95.2 Å². The second kappa shape index (κ2) is 11.6. The highest BCUT2D eigenvalue weighted by Gasteiger charge is 2.43. The molecule has 0 saturated carbocycles. The second-order valence-electron chi connectivity index (χ2n) is 7.91. The molecule has 0 radical (unpaired) electrons. The monoisotopic (exact) mass is 499 g/mol. The Morgan fingerprint density at radius 3 is 2.61 bits per heavy atom. The molecule has 0 fully saturated rings. The summed E-state index contributed by atoms with van der Waals surface area (Å²) in [7, 11) is 1.60. The van der Waals surface area contributed by atoms with Gasteiger partial charge in [0.05, 0.1) is 30.4 Å². The maximum atomic E-state index is 13.3. The van der Waals surface area contributed by atoms with Crippen LogP contribution in [-0.4, -0.2) is 30.6 Å². The Labute approximate surface area is 214 Å². The van der Waals surface area contributed by atoms with Crippen molar-refractivity contribution < 1.29 is 19.0 Å². The number of aromatic nitrogens is 1. The van der Waals surface area contributed by atoms with Crippen molar-refractivity contribution >= 4 is 29.4 Å². The van der Waals surface area contributed by atoms with E-state index >= 15 is 0 Å². The lowest BCUT2D eigenvalue weighted by Crippen LogP contribution is -2.33. The molecule has 2 heterocycles. The van der Waals surface area contributed by atoms with Gasteiger partial charge >= 0.3 is 5.97 Å². The van der Waals surface area contributed by atoms with Crippen molar-refractivity contribution in [2.24, 2.45) is 5.92 Å². The lowest BCUT2D eigenvalue weighted by atomic mass is 9.77. The SMILES string of the molecule is CCOC(=O)C1=C(c2ccccc2)OC(=N)C(C#N)C1c1ccc(OC)c(CSc2ccccn2)c1. The third-order valence-electron chi connectivity index (χ3n) is 5.73. The minimum absolute atomic E-state index is 0.167. The largest absolute Gasteiger partial charge is 0.496 e. The van der Waals surface area contributed by atoms with Gasteiger partial charge in [0.2, 0.25) is 5.90 Å². The molecule has 1 aliphatic rings. The van der Waals surface area contributed by atoms with Crippen LogP contribution in [0, 0.1) is 22.7 Å². The summed E-state index contributed by atoms with van der Waals surface area (Å²) in [4.78, 5) is 17.6. The summed E-state index contributed by atoms with van der Waals surface area (Å²) < 4.78 is 16.8. The molecule has 1 aliphatic heterocycles. The van der Waals surface area contributed by atoms with E-state index in [0.29, 0.717) is 22.6 Å². The van der Waals surface area contributed by atoms with E-state index in [0.717, 1.165) is 10.6 Å². The number of carbonyl (C=O) groups is 1. The Morgan fingerprint density at radius 1 is 1.17 bits per heavy atom. The number of rotatable bonds is 8. The van der Waals surface area contributed by atoms with Gasteiger partial charge in [0.15, 0.2) is 0 Å². The van der Waals surface area contributed by atoms with Crippen molar-refractivity contribution in [2.75, 3.05) is 13.7 Å². The van der Waals surface area contributed by atoms with E-state index in [-0.39, 0.29) is 23.8 Å². The third kappa shape index (κ3) is 5.26. The first-order valence-corrected chi connectivity index (χ1v) is 12.4. The van der Waals surface area contributed by atoms with Gasteiger partial charge in [-0.1, -0.05) is 48.5 Å². The quantitative estimate of drug-likeness (QED) is 0.318. The molecule has 0 aliphatic carbocycles. The number of thioether (sulfide) groups is 1. The lowest BCUT2D eigenvalue weighted by molar-refractivity contribution is -0.139. The van der Waals surface area contributed by atoms with Gasteiger partial charge in [0, 0.05) is 29.0 Å². The van der Waals surface area contributed by atoms with E-state index in [1.54, 1.807) is 44.1 Å². The molecule has 182 valence electrons. The molecule has 7 nitrogen and oxygen atoms in total. The van der Waals surface area contributed by atoms with E-state index in [9.17, 15) is 10.1 Å². The lowest BCUT2D eigenvalue weighted by Gasteiger charge is -2.32. The van der Waals surface area contributed by atoms with Gasteiger partial charge in [-0.15, -0.1) is 11.8 Å². The van der Waals surface area contributed by atoms with Gasteiger partial charge in [0.25, 0.3) is 0 Å². The summed E-state index contributed by atoms with van der Waals surface area (Å²) in [6.45, 7) is 1.89.